The van der Waals surface area contributed by atoms with Gasteiger partial charge in [-0.15, -0.1) is 0 Å². The Bertz CT molecular complexity index is 15.0. The third kappa shape index (κ3) is 8.83. The molecule has 0 aliphatic rings. The fourth-order valence-corrected chi connectivity index (χ4v) is 0.866. The first-order chi connectivity index (χ1) is 2.41. The number of hydrogen-bond acceptors (Lipinski definition) is 1. The standard InChI is InChI=1S/C4H11P.H3N/c1-3-5-4-2;/h5H,3-4H2,1-2H3;1H3/p+1. The molecule has 0 saturated carbocycles. The van der Waals surface area contributed by atoms with Crippen LogP contribution in [0.4, 0.5) is 0 Å². The lowest BCUT2D eigenvalue weighted by atomic mass is 11.0. The van der Waals surface area contributed by atoms with Gasteiger partial charge in [-0.3, -0.25) is 0 Å². The van der Waals surface area contributed by atoms with E-state index in [0.29, 0.717) is 0 Å². The van der Waals surface area contributed by atoms with E-state index >= 15 is 0 Å². The Labute approximate surface area is 41.9 Å². The first kappa shape index (κ1) is 9.63. The van der Waals surface area contributed by atoms with Crippen molar-refractivity contribution in [2.45, 2.75) is 13.8 Å². The van der Waals surface area contributed by atoms with Gasteiger partial charge in [0.25, 0.3) is 0 Å². The van der Waals surface area contributed by atoms with Crippen LogP contribution in [-0.4, -0.2) is 12.3 Å². The van der Waals surface area contributed by atoms with Crippen molar-refractivity contribution in [2.75, 3.05) is 12.3 Å². The van der Waals surface area contributed by atoms with Crippen LogP contribution in [0.5, 0.6) is 0 Å². The Morgan fingerprint density at radius 1 is 1.17 bits per heavy atom. The Morgan fingerprint density at radius 2 is 1.50 bits per heavy atom. The molecule has 40 valence electrons. The maximum absolute atomic E-state index is 2.25. The van der Waals surface area contributed by atoms with Crippen LogP contribution in [0.25, 0.3) is 0 Å². The van der Waals surface area contributed by atoms with Crippen LogP contribution >= 0.6 is 8.58 Å². The molecule has 0 aliphatic carbocycles. The molecular formula is C4H15NP+. The third-order valence-electron chi connectivity index (χ3n) is 0.577. The zero-order valence-corrected chi connectivity index (χ0v) is 5.85. The van der Waals surface area contributed by atoms with Crippen LogP contribution in [0.3, 0.4) is 0 Å². The second kappa shape index (κ2) is 9.04. The zero-order chi connectivity index (χ0) is 4.12. The largest absolute Gasteiger partial charge is 0.344 e. The van der Waals surface area contributed by atoms with Gasteiger partial charge in [0.2, 0.25) is 0 Å². The van der Waals surface area contributed by atoms with Gasteiger partial charge in [0.1, 0.15) is 0 Å². The third-order valence-corrected chi connectivity index (χ3v) is 1.73. The highest BCUT2D eigenvalue weighted by Gasteiger charge is 1.75. The number of hydrogen-bond donors (Lipinski definition) is 1. The maximum Gasteiger partial charge on any atom is 0.0521 e. The summed E-state index contributed by atoms with van der Waals surface area (Å²) >= 11 is 0. The second-order valence-electron chi connectivity index (χ2n) is 1.11. The molecule has 0 rings (SSSR count). The molecule has 0 aliphatic heterocycles. The molecule has 0 saturated heterocycles. The molecule has 0 aromatic heterocycles. The Kier molecular flexibility index (Phi) is 14.5. The highest BCUT2D eigenvalue weighted by Crippen LogP contribution is 2.03. The van der Waals surface area contributed by atoms with Crippen molar-refractivity contribution < 1.29 is 0 Å². The average molecular weight is 108 g/mol. The Hall–Kier alpha value is 0.390. The summed E-state index contributed by atoms with van der Waals surface area (Å²) in [4.78, 5) is 0. The summed E-state index contributed by atoms with van der Waals surface area (Å²) in [6.45, 7) is 4.50. The molecule has 0 radical (unpaired) electrons. The molecule has 0 spiro atoms. The second-order valence-corrected chi connectivity index (χ2v) is 3.32. The Balaban J connectivity index is 0. The van der Waals surface area contributed by atoms with Crippen LogP contribution < -0.4 is 6.15 Å². The molecule has 0 unspecified atom stereocenters. The fourth-order valence-electron chi connectivity index (χ4n) is 0.289. The summed E-state index contributed by atoms with van der Waals surface area (Å²) in [7, 11) is 0.815. The van der Waals surface area contributed by atoms with E-state index in [9.17, 15) is 0 Å². The predicted molar refractivity (Wildman–Crippen MR) is 35.8 cm³/mol. The average Bonchev–Trinajstić information content (AvgIpc) is 1.41. The SMILES string of the molecule is CC[PH2+]CC.N. The van der Waals surface area contributed by atoms with Gasteiger partial charge in [-0.2, -0.15) is 0 Å². The van der Waals surface area contributed by atoms with Crippen LogP contribution in [0.1, 0.15) is 13.8 Å². The van der Waals surface area contributed by atoms with Crippen molar-refractivity contribution in [1.82, 2.24) is 6.15 Å². The van der Waals surface area contributed by atoms with Gasteiger partial charge < -0.3 is 6.15 Å². The fraction of sp³-hybridized carbons (Fsp3) is 1.00. The quantitative estimate of drug-likeness (QED) is 0.536. The van der Waals surface area contributed by atoms with E-state index in [1.807, 2.05) is 0 Å². The summed E-state index contributed by atoms with van der Waals surface area (Å²) in [6.07, 6.45) is 2.85. The van der Waals surface area contributed by atoms with Crippen molar-refractivity contribution >= 4 is 8.58 Å². The molecule has 0 aromatic carbocycles. The molecular weight excluding hydrogens is 93.0 g/mol. The minimum atomic E-state index is 0. The number of rotatable bonds is 2. The Morgan fingerprint density at radius 3 is 1.50 bits per heavy atom. The molecule has 0 amide bonds. The van der Waals surface area contributed by atoms with Gasteiger partial charge in [0, 0.05) is 0 Å². The first-order valence-corrected chi connectivity index (χ1v) is 3.86. The van der Waals surface area contributed by atoms with Gasteiger partial charge in [-0.05, 0) is 22.4 Å². The van der Waals surface area contributed by atoms with E-state index in [4.69, 9.17) is 0 Å². The van der Waals surface area contributed by atoms with Crippen molar-refractivity contribution in [3.8, 4) is 0 Å². The zero-order valence-electron chi connectivity index (χ0n) is 4.70. The van der Waals surface area contributed by atoms with Crippen molar-refractivity contribution in [3.63, 3.8) is 0 Å². The van der Waals surface area contributed by atoms with E-state index in [1.165, 1.54) is 12.3 Å². The van der Waals surface area contributed by atoms with E-state index in [2.05, 4.69) is 13.8 Å². The summed E-state index contributed by atoms with van der Waals surface area (Å²) in [5, 5.41) is 0. The molecule has 0 bridgehead atoms. The maximum atomic E-state index is 2.25. The summed E-state index contributed by atoms with van der Waals surface area (Å²) in [5.41, 5.74) is 0. The van der Waals surface area contributed by atoms with Crippen LogP contribution in [0, 0.1) is 0 Å². The molecule has 3 N–H and O–H groups in total. The minimum absolute atomic E-state index is 0. The smallest absolute Gasteiger partial charge is 0.0521 e. The van der Waals surface area contributed by atoms with Gasteiger partial charge in [-0.1, -0.05) is 0 Å². The predicted octanol–water partition coefficient (Wildman–Crippen LogP) is 1.60. The van der Waals surface area contributed by atoms with Crippen molar-refractivity contribution in [1.29, 1.82) is 0 Å². The normalized spacial score (nSPS) is 7.00. The topological polar surface area (TPSA) is 35.0 Å². The van der Waals surface area contributed by atoms with Crippen LogP contribution in [0.15, 0.2) is 0 Å². The van der Waals surface area contributed by atoms with Crippen LogP contribution in [0.2, 0.25) is 0 Å². The lowest BCUT2D eigenvalue weighted by molar-refractivity contribution is 1.44. The summed E-state index contributed by atoms with van der Waals surface area (Å²) in [6, 6.07) is 0. The van der Waals surface area contributed by atoms with Crippen molar-refractivity contribution in [3.05, 3.63) is 0 Å². The highest BCUT2D eigenvalue weighted by molar-refractivity contribution is 7.37. The monoisotopic (exact) mass is 108 g/mol. The molecule has 0 atom stereocenters. The van der Waals surface area contributed by atoms with Crippen LogP contribution in [-0.2, 0) is 0 Å². The molecule has 2 heteroatoms. The van der Waals surface area contributed by atoms with Crippen molar-refractivity contribution in [2.24, 2.45) is 0 Å². The molecule has 1 nitrogen and oxygen atoms in total. The summed E-state index contributed by atoms with van der Waals surface area (Å²) in [5.74, 6) is 0. The van der Waals surface area contributed by atoms with Gasteiger partial charge in [0.15, 0.2) is 0 Å². The summed E-state index contributed by atoms with van der Waals surface area (Å²) < 4.78 is 0. The van der Waals surface area contributed by atoms with E-state index in [-0.39, 0.29) is 6.15 Å². The lowest BCUT2D eigenvalue weighted by Crippen LogP contribution is -1.59. The van der Waals surface area contributed by atoms with E-state index < -0.39 is 0 Å². The first-order valence-electron chi connectivity index (χ1n) is 2.23. The minimum Gasteiger partial charge on any atom is -0.344 e. The molecule has 0 heterocycles. The highest BCUT2D eigenvalue weighted by atomic mass is 31.1. The molecule has 0 aromatic rings. The van der Waals surface area contributed by atoms with E-state index in [0.717, 1.165) is 8.58 Å². The van der Waals surface area contributed by atoms with Gasteiger partial charge in [0.05, 0.1) is 12.3 Å². The van der Waals surface area contributed by atoms with Gasteiger partial charge in [-0.25, -0.2) is 0 Å². The van der Waals surface area contributed by atoms with E-state index in [1.54, 1.807) is 0 Å². The molecule has 0 fully saturated rings. The van der Waals surface area contributed by atoms with Gasteiger partial charge >= 0.3 is 0 Å². The lowest BCUT2D eigenvalue weighted by Gasteiger charge is -1.72. The molecule has 6 heavy (non-hydrogen) atoms.